The van der Waals surface area contributed by atoms with Crippen molar-refractivity contribution < 1.29 is 9.59 Å². The van der Waals surface area contributed by atoms with Crippen LogP contribution in [0.15, 0.2) is 30.3 Å². The van der Waals surface area contributed by atoms with Crippen LogP contribution >= 0.6 is 0 Å². The molecule has 0 atom stereocenters. The van der Waals surface area contributed by atoms with E-state index < -0.39 is 5.91 Å². The van der Waals surface area contributed by atoms with Gasteiger partial charge in [-0.15, -0.1) is 0 Å². The molecule has 1 amide bonds. The number of ketones is 1. The third-order valence-corrected chi connectivity index (χ3v) is 2.60. The summed E-state index contributed by atoms with van der Waals surface area (Å²) in [6, 6.07) is 8.89. The van der Waals surface area contributed by atoms with Gasteiger partial charge in [0.05, 0.1) is 5.69 Å². The van der Waals surface area contributed by atoms with Gasteiger partial charge in [0.2, 0.25) is 0 Å². The number of carbonyl (C=O) groups is 2. The van der Waals surface area contributed by atoms with Crippen molar-refractivity contribution in [1.82, 2.24) is 9.78 Å². The van der Waals surface area contributed by atoms with Gasteiger partial charge in [0.25, 0.3) is 5.91 Å². The molecule has 1 aromatic heterocycles. The minimum atomic E-state index is -0.650. The van der Waals surface area contributed by atoms with Crippen LogP contribution in [-0.4, -0.2) is 21.5 Å². The summed E-state index contributed by atoms with van der Waals surface area (Å²) in [5.41, 5.74) is 7.42. The van der Waals surface area contributed by atoms with Crippen LogP contribution in [0, 0.1) is 6.92 Å². The van der Waals surface area contributed by atoms with Gasteiger partial charge in [0.15, 0.2) is 11.5 Å². The van der Waals surface area contributed by atoms with Crippen LogP contribution in [0.4, 0.5) is 0 Å². The Morgan fingerprint density at radius 3 is 2.33 bits per heavy atom. The lowest BCUT2D eigenvalue weighted by Crippen LogP contribution is -2.12. The number of amides is 1. The molecule has 0 aliphatic rings. The first-order chi connectivity index (χ1) is 8.49. The molecule has 0 bridgehead atoms. The Kier molecular flexibility index (Phi) is 2.97. The smallest absolute Gasteiger partial charge is 0.269 e. The highest BCUT2D eigenvalue weighted by molar-refractivity contribution is 5.97. The maximum atomic E-state index is 11.5. The highest BCUT2D eigenvalue weighted by Crippen LogP contribution is 2.14. The van der Waals surface area contributed by atoms with Crippen LogP contribution in [-0.2, 0) is 0 Å². The maximum absolute atomic E-state index is 11.5. The van der Waals surface area contributed by atoms with E-state index in [0.717, 1.165) is 11.3 Å². The van der Waals surface area contributed by atoms with E-state index in [-0.39, 0.29) is 11.5 Å². The molecule has 2 rings (SSSR count). The van der Waals surface area contributed by atoms with Crippen LogP contribution in [0.25, 0.3) is 5.69 Å². The van der Waals surface area contributed by atoms with Crippen molar-refractivity contribution in [3.8, 4) is 5.69 Å². The van der Waals surface area contributed by atoms with E-state index in [1.165, 1.54) is 17.7 Å². The Hall–Kier alpha value is -2.43. The van der Waals surface area contributed by atoms with E-state index >= 15 is 0 Å². The van der Waals surface area contributed by atoms with Gasteiger partial charge in [-0.25, -0.2) is 4.68 Å². The standard InChI is InChI=1S/C13H13N3O2/c1-8-3-5-10(6-4-8)16-12(9(2)17)7-11(15-16)13(14)18/h3-7H,1-2H3,(H2,14,18). The molecule has 1 heterocycles. The summed E-state index contributed by atoms with van der Waals surface area (Å²) in [5.74, 6) is -0.820. The largest absolute Gasteiger partial charge is 0.364 e. The minimum Gasteiger partial charge on any atom is -0.364 e. The van der Waals surface area contributed by atoms with Gasteiger partial charge in [-0.3, -0.25) is 9.59 Å². The van der Waals surface area contributed by atoms with Crippen LogP contribution in [0.2, 0.25) is 0 Å². The number of Topliss-reactive ketones (excluding diaryl/α,β-unsaturated/α-hetero) is 1. The summed E-state index contributed by atoms with van der Waals surface area (Å²) in [4.78, 5) is 22.6. The molecule has 2 aromatic rings. The van der Waals surface area contributed by atoms with Crippen molar-refractivity contribution in [2.75, 3.05) is 0 Å². The number of hydrogen-bond donors (Lipinski definition) is 1. The Morgan fingerprint density at radius 2 is 1.83 bits per heavy atom. The monoisotopic (exact) mass is 243 g/mol. The Balaban J connectivity index is 2.58. The van der Waals surface area contributed by atoms with Gasteiger partial charge in [-0.05, 0) is 19.1 Å². The van der Waals surface area contributed by atoms with Gasteiger partial charge in [0.1, 0.15) is 5.69 Å². The lowest BCUT2D eigenvalue weighted by molar-refractivity contribution is 0.0991. The van der Waals surface area contributed by atoms with E-state index in [9.17, 15) is 9.59 Å². The zero-order chi connectivity index (χ0) is 13.3. The van der Waals surface area contributed by atoms with Gasteiger partial charge in [-0.2, -0.15) is 5.10 Å². The second-order valence-corrected chi connectivity index (χ2v) is 4.08. The van der Waals surface area contributed by atoms with Gasteiger partial charge in [0, 0.05) is 13.0 Å². The molecule has 0 fully saturated rings. The van der Waals surface area contributed by atoms with Crippen molar-refractivity contribution in [2.45, 2.75) is 13.8 Å². The van der Waals surface area contributed by atoms with E-state index in [1.54, 1.807) is 0 Å². The quantitative estimate of drug-likeness (QED) is 0.829. The fourth-order valence-electron chi connectivity index (χ4n) is 1.64. The van der Waals surface area contributed by atoms with Gasteiger partial charge >= 0.3 is 0 Å². The fourth-order valence-corrected chi connectivity index (χ4v) is 1.64. The predicted octanol–water partition coefficient (Wildman–Crippen LogP) is 1.48. The number of carbonyl (C=O) groups excluding carboxylic acids is 2. The molecule has 0 saturated carbocycles. The summed E-state index contributed by atoms with van der Waals surface area (Å²) in [7, 11) is 0. The molecule has 18 heavy (non-hydrogen) atoms. The van der Waals surface area contributed by atoms with E-state index in [1.807, 2.05) is 31.2 Å². The number of benzene rings is 1. The van der Waals surface area contributed by atoms with Crippen LogP contribution in [0.5, 0.6) is 0 Å². The van der Waals surface area contributed by atoms with Crippen molar-refractivity contribution in [3.63, 3.8) is 0 Å². The number of hydrogen-bond acceptors (Lipinski definition) is 3. The highest BCUT2D eigenvalue weighted by atomic mass is 16.1. The summed E-state index contributed by atoms with van der Waals surface area (Å²) in [5, 5.41) is 4.05. The molecule has 2 N–H and O–H groups in total. The molecule has 0 unspecified atom stereocenters. The van der Waals surface area contributed by atoms with Crippen molar-refractivity contribution in [2.24, 2.45) is 5.73 Å². The molecule has 5 nitrogen and oxygen atoms in total. The molecule has 5 heteroatoms. The number of nitrogens with zero attached hydrogens (tertiary/aromatic N) is 2. The Labute approximate surface area is 104 Å². The molecule has 1 aromatic carbocycles. The fraction of sp³-hybridized carbons (Fsp3) is 0.154. The maximum Gasteiger partial charge on any atom is 0.269 e. The van der Waals surface area contributed by atoms with Gasteiger partial charge < -0.3 is 5.73 Å². The average Bonchev–Trinajstić information content (AvgIpc) is 2.75. The molecular formula is C13H13N3O2. The number of aromatic nitrogens is 2. The summed E-state index contributed by atoms with van der Waals surface area (Å²) < 4.78 is 1.43. The molecular weight excluding hydrogens is 230 g/mol. The average molecular weight is 243 g/mol. The van der Waals surface area contributed by atoms with Crippen molar-refractivity contribution in [1.29, 1.82) is 0 Å². The SMILES string of the molecule is CC(=O)c1cc(C(N)=O)nn1-c1ccc(C)cc1. The Morgan fingerprint density at radius 1 is 1.22 bits per heavy atom. The summed E-state index contributed by atoms with van der Waals surface area (Å²) in [6.45, 7) is 3.39. The second kappa shape index (κ2) is 4.44. The summed E-state index contributed by atoms with van der Waals surface area (Å²) >= 11 is 0. The number of aryl methyl sites for hydroxylation is 1. The van der Waals surface area contributed by atoms with E-state index in [2.05, 4.69) is 5.10 Å². The zero-order valence-electron chi connectivity index (χ0n) is 10.2. The van der Waals surface area contributed by atoms with Gasteiger partial charge in [-0.1, -0.05) is 17.7 Å². The Bertz CT molecular complexity index is 612. The third-order valence-electron chi connectivity index (χ3n) is 2.60. The molecule has 0 radical (unpaired) electrons. The van der Waals surface area contributed by atoms with E-state index in [0.29, 0.717) is 5.69 Å². The van der Waals surface area contributed by atoms with Crippen LogP contribution in [0.1, 0.15) is 33.5 Å². The lowest BCUT2D eigenvalue weighted by Gasteiger charge is -2.05. The first-order valence-corrected chi connectivity index (χ1v) is 5.47. The summed E-state index contributed by atoms with van der Waals surface area (Å²) in [6.07, 6.45) is 0. The second-order valence-electron chi connectivity index (χ2n) is 4.08. The normalized spacial score (nSPS) is 10.3. The predicted molar refractivity (Wildman–Crippen MR) is 66.8 cm³/mol. The molecule has 0 saturated heterocycles. The number of rotatable bonds is 3. The zero-order valence-corrected chi connectivity index (χ0v) is 10.2. The van der Waals surface area contributed by atoms with Crippen LogP contribution in [0.3, 0.4) is 0 Å². The topological polar surface area (TPSA) is 78.0 Å². The lowest BCUT2D eigenvalue weighted by atomic mass is 10.2. The number of nitrogens with two attached hydrogens (primary N) is 1. The molecule has 0 aliphatic heterocycles. The molecule has 0 aliphatic carbocycles. The van der Waals surface area contributed by atoms with E-state index in [4.69, 9.17) is 5.73 Å². The third kappa shape index (κ3) is 2.15. The first kappa shape index (κ1) is 12.0. The first-order valence-electron chi connectivity index (χ1n) is 5.47. The highest BCUT2D eigenvalue weighted by Gasteiger charge is 2.15. The molecule has 0 spiro atoms. The molecule has 92 valence electrons. The van der Waals surface area contributed by atoms with Crippen molar-refractivity contribution >= 4 is 11.7 Å². The number of primary amides is 1. The van der Waals surface area contributed by atoms with Crippen molar-refractivity contribution in [3.05, 3.63) is 47.3 Å². The van der Waals surface area contributed by atoms with Crippen LogP contribution < -0.4 is 5.73 Å². The minimum absolute atomic E-state index is 0.0841.